The quantitative estimate of drug-likeness (QED) is 0.470. The molecule has 1 amide bonds. The molecule has 3 aromatic carbocycles. The smallest absolute Gasteiger partial charge is 0.339 e. The lowest BCUT2D eigenvalue weighted by Gasteiger charge is -2.27. The van der Waals surface area contributed by atoms with Gasteiger partial charge in [-0.3, -0.25) is 4.79 Å². The standard InChI is InChI=1S/C27H30N2O6S/c1-17-6-8-21(9-7-17)15-29(22-10-11-23(27(32)33)24(30)14-22)25(31)16-28(5)36(34,35)26-19(3)12-18(2)13-20(26)4/h6-14,30H,15-16H2,1-5H3,(H,32,33). The van der Waals surface area contributed by atoms with Gasteiger partial charge in [0, 0.05) is 18.8 Å². The monoisotopic (exact) mass is 510 g/mol. The number of hydrogen-bond acceptors (Lipinski definition) is 5. The molecule has 3 aromatic rings. The topological polar surface area (TPSA) is 115 Å². The molecule has 0 aromatic heterocycles. The first kappa shape index (κ1) is 26.9. The summed E-state index contributed by atoms with van der Waals surface area (Å²) in [5.74, 6) is -2.33. The zero-order valence-electron chi connectivity index (χ0n) is 20.9. The zero-order valence-corrected chi connectivity index (χ0v) is 21.8. The maximum absolute atomic E-state index is 13.5. The molecule has 0 unspecified atom stereocenters. The van der Waals surface area contributed by atoms with Crippen LogP contribution in [0.4, 0.5) is 5.69 Å². The van der Waals surface area contributed by atoms with Gasteiger partial charge in [-0.05, 0) is 56.5 Å². The van der Waals surface area contributed by atoms with E-state index in [2.05, 4.69) is 0 Å². The second kappa shape index (κ2) is 10.5. The molecule has 0 bridgehead atoms. The molecule has 0 saturated heterocycles. The summed E-state index contributed by atoms with van der Waals surface area (Å²) in [6.45, 7) is 6.91. The van der Waals surface area contributed by atoms with E-state index in [9.17, 15) is 28.2 Å². The fourth-order valence-electron chi connectivity index (χ4n) is 4.16. The Balaban J connectivity index is 1.97. The van der Waals surface area contributed by atoms with Crippen LogP contribution in [0.1, 0.15) is 38.2 Å². The number of nitrogens with zero attached hydrogens (tertiary/aromatic N) is 2. The van der Waals surface area contributed by atoms with Gasteiger partial charge in [0.25, 0.3) is 0 Å². The first-order chi connectivity index (χ1) is 16.8. The van der Waals surface area contributed by atoms with E-state index in [1.54, 1.807) is 26.0 Å². The summed E-state index contributed by atoms with van der Waals surface area (Å²) in [5, 5.41) is 19.4. The van der Waals surface area contributed by atoms with E-state index in [1.807, 2.05) is 38.1 Å². The minimum absolute atomic E-state index is 0.0987. The number of rotatable bonds is 8. The van der Waals surface area contributed by atoms with Gasteiger partial charge in [0.15, 0.2) is 0 Å². The number of aromatic hydroxyl groups is 1. The Morgan fingerprint density at radius 1 is 0.861 bits per heavy atom. The van der Waals surface area contributed by atoms with Gasteiger partial charge in [-0.1, -0.05) is 47.5 Å². The van der Waals surface area contributed by atoms with Crippen LogP contribution >= 0.6 is 0 Å². The van der Waals surface area contributed by atoms with Gasteiger partial charge >= 0.3 is 5.97 Å². The van der Waals surface area contributed by atoms with Crippen LogP contribution in [0.3, 0.4) is 0 Å². The lowest BCUT2D eigenvalue weighted by Crippen LogP contribution is -2.41. The molecule has 0 radical (unpaired) electrons. The molecule has 0 atom stereocenters. The van der Waals surface area contributed by atoms with Crippen LogP contribution in [0.25, 0.3) is 0 Å². The number of phenols is 1. The fraction of sp³-hybridized carbons (Fsp3) is 0.259. The molecule has 0 aliphatic heterocycles. The lowest BCUT2D eigenvalue weighted by molar-refractivity contribution is -0.118. The summed E-state index contributed by atoms with van der Waals surface area (Å²) >= 11 is 0. The average molecular weight is 511 g/mol. The number of carboxylic acid groups (broad SMARTS) is 1. The largest absolute Gasteiger partial charge is 0.507 e. The average Bonchev–Trinajstić information content (AvgIpc) is 2.77. The summed E-state index contributed by atoms with van der Waals surface area (Å²) in [5.41, 5.74) is 3.90. The normalized spacial score (nSPS) is 11.5. The molecule has 0 aliphatic rings. The molecule has 190 valence electrons. The van der Waals surface area contributed by atoms with Gasteiger partial charge in [0.2, 0.25) is 15.9 Å². The Morgan fingerprint density at radius 2 is 1.44 bits per heavy atom. The Hall–Kier alpha value is -3.69. The van der Waals surface area contributed by atoms with E-state index in [0.29, 0.717) is 11.1 Å². The summed E-state index contributed by atoms with van der Waals surface area (Å²) in [4.78, 5) is 26.3. The minimum Gasteiger partial charge on any atom is -0.507 e. The Kier molecular flexibility index (Phi) is 7.86. The highest BCUT2D eigenvalue weighted by atomic mass is 32.2. The molecule has 9 heteroatoms. The van der Waals surface area contributed by atoms with Gasteiger partial charge in [0.05, 0.1) is 18.0 Å². The van der Waals surface area contributed by atoms with Crippen molar-refractivity contribution >= 4 is 27.6 Å². The Morgan fingerprint density at radius 3 is 1.97 bits per heavy atom. The van der Waals surface area contributed by atoms with E-state index < -0.39 is 34.2 Å². The maximum atomic E-state index is 13.5. The third-order valence-corrected chi connectivity index (χ3v) is 8.03. The van der Waals surface area contributed by atoms with Gasteiger partial charge < -0.3 is 15.1 Å². The summed E-state index contributed by atoms with van der Waals surface area (Å²) in [6.07, 6.45) is 0. The highest BCUT2D eigenvalue weighted by molar-refractivity contribution is 7.89. The number of aryl methyl sites for hydroxylation is 4. The molecular formula is C27H30N2O6S. The van der Waals surface area contributed by atoms with Crippen molar-refractivity contribution in [2.75, 3.05) is 18.5 Å². The second-order valence-electron chi connectivity index (χ2n) is 8.96. The number of carbonyl (C=O) groups is 2. The molecule has 0 aliphatic carbocycles. The fourth-order valence-corrected chi connectivity index (χ4v) is 5.68. The summed E-state index contributed by atoms with van der Waals surface area (Å²) in [6, 6.07) is 14.9. The number of anilines is 1. The van der Waals surface area contributed by atoms with Crippen LogP contribution in [-0.2, 0) is 21.4 Å². The molecule has 0 heterocycles. The maximum Gasteiger partial charge on any atom is 0.339 e. The second-order valence-corrected chi connectivity index (χ2v) is 10.9. The van der Waals surface area contributed by atoms with Gasteiger partial charge in [-0.2, -0.15) is 4.31 Å². The Labute approximate surface area is 211 Å². The van der Waals surface area contributed by atoms with E-state index in [0.717, 1.165) is 21.0 Å². The molecule has 0 saturated carbocycles. The van der Waals surface area contributed by atoms with Crippen molar-refractivity contribution in [2.45, 2.75) is 39.1 Å². The van der Waals surface area contributed by atoms with Crippen molar-refractivity contribution < 1.29 is 28.2 Å². The van der Waals surface area contributed by atoms with Gasteiger partial charge in [-0.15, -0.1) is 0 Å². The van der Waals surface area contributed by atoms with Crippen molar-refractivity contribution in [3.63, 3.8) is 0 Å². The lowest BCUT2D eigenvalue weighted by atomic mass is 10.1. The first-order valence-corrected chi connectivity index (χ1v) is 12.7. The number of carboxylic acids is 1. The zero-order chi connectivity index (χ0) is 26.8. The third kappa shape index (κ3) is 5.75. The van der Waals surface area contributed by atoms with E-state index in [-0.39, 0.29) is 22.7 Å². The van der Waals surface area contributed by atoms with Gasteiger partial charge in [0.1, 0.15) is 11.3 Å². The number of aromatic carboxylic acids is 1. The molecule has 0 spiro atoms. The minimum atomic E-state index is -3.97. The van der Waals surface area contributed by atoms with Crippen LogP contribution in [0.15, 0.2) is 59.5 Å². The number of likely N-dealkylation sites (N-methyl/N-ethyl adjacent to an activating group) is 1. The SMILES string of the molecule is Cc1ccc(CN(C(=O)CN(C)S(=O)(=O)c2c(C)cc(C)cc2C)c2ccc(C(=O)O)c(O)c2)cc1. The molecule has 0 fully saturated rings. The molecule has 8 nitrogen and oxygen atoms in total. The first-order valence-electron chi connectivity index (χ1n) is 11.3. The van der Waals surface area contributed by atoms with Gasteiger partial charge in [-0.25, -0.2) is 13.2 Å². The van der Waals surface area contributed by atoms with Crippen LogP contribution in [0.5, 0.6) is 5.75 Å². The van der Waals surface area contributed by atoms with Crippen molar-refractivity contribution in [1.29, 1.82) is 0 Å². The number of sulfonamides is 1. The van der Waals surface area contributed by atoms with Crippen molar-refractivity contribution in [3.8, 4) is 5.75 Å². The highest BCUT2D eigenvalue weighted by Crippen LogP contribution is 2.28. The molecule has 36 heavy (non-hydrogen) atoms. The van der Waals surface area contributed by atoms with E-state index in [1.165, 1.54) is 30.1 Å². The summed E-state index contributed by atoms with van der Waals surface area (Å²) in [7, 11) is -2.63. The van der Waals surface area contributed by atoms with Crippen LogP contribution in [-0.4, -0.2) is 48.4 Å². The van der Waals surface area contributed by atoms with Crippen LogP contribution in [0.2, 0.25) is 0 Å². The van der Waals surface area contributed by atoms with E-state index >= 15 is 0 Å². The predicted octanol–water partition coefficient (Wildman–Crippen LogP) is 4.18. The number of amides is 1. The van der Waals surface area contributed by atoms with Crippen LogP contribution in [0, 0.1) is 27.7 Å². The highest BCUT2D eigenvalue weighted by Gasteiger charge is 2.29. The summed E-state index contributed by atoms with van der Waals surface area (Å²) < 4.78 is 27.8. The van der Waals surface area contributed by atoms with Crippen molar-refractivity contribution in [2.24, 2.45) is 0 Å². The van der Waals surface area contributed by atoms with Crippen molar-refractivity contribution in [1.82, 2.24) is 4.31 Å². The third-order valence-electron chi connectivity index (χ3n) is 5.92. The van der Waals surface area contributed by atoms with Crippen molar-refractivity contribution in [3.05, 3.63) is 88.0 Å². The Bertz CT molecular complexity index is 1390. The number of carbonyl (C=O) groups excluding carboxylic acids is 1. The van der Waals surface area contributed by atoms with E-state index in [4.69, 9.17) is 0 Å². The van der Waals surface area contributed by atoms with Crippen LogP contribution < -0.4 is 4.90 Å². The molecule has 2 N–H and O–H groups in total. The molecule has 3 rings (SSSR count). The number of hydrogen-bond donors (Lipinski definition) is 2. The predicted molar refractivity (Wildman–Crippen MR) is 138 cm³/mol. The molecular weight excluding hydrogens is 480 g/mol. The number of benzene rings is 3.